The van der Waals surface area contributed by atoms with Gasteiger partial charge in [0.05, 0.1) is 5.69 Å². The van der Waals surface area contributed by atoms with Crippen molar-refractivity contribution in [3.8, 4) is 0 Å². The van der Waals surface area contributed by atoms with E-state index in [9.17, 15) is 5.11 Å². The van der Waals surface area contributed by atoms with Gasteiger partial charge in [-0.05, 0) is 54.5 Å². The highest BCUT2D eigenvalue weighted by Crippen LogP contribution is 2.58. The van der Waals surface area contributed by atoms with E-state index in [0.717, 1.165) is 25.2 Å². The summed E-state index contributed by atoms with van der Waals surface area (Å²) in [7, 11) is 0. The van der Waals surface area contributed by atoms with Crippen LogP contribution in [0.25, 0.3) is 0 Å². The summed E-state index contributed by atoms with van der Waals surface area (Å²) in [6.07, 6.45) is 5.22. The third kappa shape index (κ3) is 5.11. The molecule has 0 aliphatic heterocycles. The fourth-order valence-electron chi connectivity index (χ4n) is 3.05. The lowest BCUT2D eigenvalue weighted by Gasteiger charge is -2.27. The van der Waals surface area contributed by atoms with Crippen molar-refractivity contribution in [2.24, 2.45) is 0 Å². The van der Waals surface area contributed by atoms with Gasteiger partial charge >= 0.3 is 0 Å². The summed E-state index contributed by atoms with van der Waals surface area (Å²) in [5, 5.41) is 11.1. The topological polar surface area (TPSA) is 33.1 Å². The number of aliphatic hydroxyl groups is 1. The van der Waals surface area contributed by atoms with Gasteiger partial charge in [0.2, 0.25) is 0 Å². The highest BCUT2D eigenvalue weighted by molar-refractivity contribution is 8.14. The number of nitrogens with zero attached hydrogens (tertiary/aromatic N) is 1. The molecule has 4 heteroatoms. The van der Waals surface area contributed by atoms with Crippen LogP contribution in [0, 0.1) is 0 Å². The third-order valence-corrected chi connectivity index (χ3v) is 9.45. The highest BCUT2D eigenvalue weighted by atomic mass is 32.4. The average Bonchev–Trinajstić information content (AvgIpc) is 2.72. The van der Waals surface area contributed by atoms with Crippen LogP contribution in [0.5, 0.6) is 0 Å². The van der Waals surface area contributed by atoms with Crippen LogP contribution in [0.2, 0.25) is 0 Å². The number of hydrogen-bond donors (Lipinski definition) is 1. The minimum atomic E-state index is -2.04. The molecule has 0 aliphatic rings. The Kier molecular flexibility index (Phi) is 6.73. The number of aliphatic hydroxyl groups excluding tert-OH is 1. The Morgan fingerprint density at radius 1 is 0.769 bits per heavy atom. The van der Waals surface area contributed by atoms with Crippen molar-refractivity contribution < 1.29 is 5.11 Å². The van der Waals surface area contributed by atoms with E-state index in [1.54, 1.807) is 6.20 Å². The van der Waals surface area contributed by atoms with Gasteiger partial charge in [-0.15, -0.1) is 0 Å². The molecule has 26 heavy (non-hydrogen) atoms. The molecule has 3 aromatic rings. The van der Waals surface area contributed by atoms with Crippen molar-refractivity contribution in [1.29, 1.82) is 0 Å². The SMILES string of the molecule is OC(c1ccccn1)P(=S)(CCc1ccccc1)CCc1ccccc1. The van der Waals surface area contributed by atoms with Gasteiger partial charge < -0.3 is 5.11 Å². The summed E-state index contributed by atoms with van der Waals surface area (Å²) in [5.41, 5.74) is 3.25. The van der Waals surface area contributed by atoms with Gasteiger partial charge in [-0.2, -0.15) is 0 Å². The summed E-state index contributed by atoms with van der Waals surface area (Å²) in [6, 6.07) is 24.4. The zero-order valence-electron chi connectivity index (χ0n) is 14.7. The number of aryl methyl sites for hydroxylation is 2. The molecule has 0 amide bonds. The fourth-order valence-corrected chi connectivity index (χ4v) is 6.54. The summed E-state index contributed by atoms with van der Waals surface area (Å²) in [6.45, 7) is 0. The van der Waals surface area contributed by atoms with Gasteiger partial charge in [0.1, 0.15) is 5.85 Å². The molecule has 0 bridgehead atoms. The lowest BCUT2D eigenvalue weighted by molar-refractivity contribution is 0.257. The smallest absolute Gasteiger partial charge is 0.124 e. The molecule has 1 N–H and O–H groups in total. The fraction of sp³-hybridized carbons (Fsp3) is 0.227. The molecule has 0 fully saturated rings. The molecule has 0 spiro atoms. The summed E-state index contributed by atoms with van der Waals surface area (Å²) in [5.74, 6) is -0.647. The second kappa shape index (κ2) is 9.23. The Morgan fingerprint density at radius 2 is 1.27 bits per heavy atom. The minimum Gasteiger partial charge on any atom is -0.381 e. The monoisotopic (exact) mass is 381 g/mol. The summed E-state index contributed by atoms with van der Waals surface area (Å²) < 4.78 is 0. The first-order valence-electron chi connectivity index (χ1n) is 8.92. The van der Waals surface area contributed by atoms with Gasteiger partial charge in [-0.25, -0.2) is 0 Å². The Bertz CT molecular complexity index is 792. The molecule has 3 rings (SSSR count). The molecule has 2 nitrogen and oxygen atoms in total. The average molecular weight is 381 g/mol. The zero-order chi connectivity index (χ0) is 18.2. The predicted octanol–water partition coefficient (Wildman–Crippen LogP) is 5.04. The van der Waals surface area contributed by atoms with Gasteiger partial charge in [-0.1, -0.05) is 78.5 Å². The van der Waals surface area contributed by atoms with Gasteiger partial charge in [0, 0.05) is 6.20 Å². The largest absolute Gasteiger partial charge is 0.381 e. The maximum absolute atomic E-state index is 11.1. The van der Waals surface area contributed by atoms with Gasteiger partial charge in [-0.3, -0.25) is 4.98 Å². The number of rotatable bonds is 8. The van der Waals surface area contributed by atoms with Crippen LogP contribution in [0.4, 0.5) is 0 Å². The Labute approximate surface area is 161 Å². The Balaban J connectivity index is 1.78. The molecule has 1 atom stereocenters. The van der Waals surface area contributed by atoms with Crippen molar-refractivity contribution in [1.82, 2.24) is 4.98 Å². The molecule has 0 radical (unpaired) electrons. The van der Waals surface area contributed by atoms with E-state index < -0.39 is 11.9 Å². The van der Waals surface area contributed by atoms with E-state index in [1.807, 2.05) is 30.3 Å². The second-order valence-corrected chi connectivity index (χ2v) is 12.0. The van der Waals surface area contributed by atoms with Crippen LogP contribution >= 0.6 is 6.04 Å². The van der Waals surface area contributed by atoms with Crippen molar-refractivity contribution in [2.75, 3.05) is 12.3 Å². The van der Waals surface area contributed by atoms with E-state index in [0.29, 0.717) is 5.69 Å². The molecule has 2 aromatic carbocycles. The second-order valence-electron chi connectivity index (χ2n) is 6.50. The van der Waals surface area contributed by atoms with E-state index in [-0.39, 0.29) is 0 Å². The Morgan fingerprint density at radius 3 is 1.73 bits per heavy atom. The first-order chi connectivity index (χ1) is 12.7. The van der Waals surface area contributed by atoms with Gasteiger partial charge in [0.25, 0.3) is 0 Å². The first-order valence-corrected chi connectivity index (χ1v) is 12.2. The van der Waals surface area contributed by atoms with E-state index >= 15 is 0 Å². The van der Waals surface area contributed by atoms with Crippen molar-refractivity contribution >= 4 is 17.8 Å². The molecule has 0 saturated carbocycles. The number of aromatic nitrogens is 1. The Hall–Kier alpha value is -1.80. The van der Waals surface area contributed by atoms with E-state index in [2.05, 4.69) is 53.5 Å². The molecule has 0 saturated heterocycles. The quantitative estimate of drug-likeness (QED) is 0.555. The molecular weight excluding hydrogens is 357 g/mol. The van der Waals surface area contributed by atoms with Crippen LogP contribution in [0.3, 0.4) is 0 Å². The molecule has 134 valence electrons. The first kappa shape index (κ1) is 19.0. The number of benzene rings is 2. The molecule has 0 aliphatic carbocycles. The third-order valence-electron chi connectivity index (χ3n) is 4.64. The van der Waals surface area contributed by atoms with Crippen LogP contribution in [-0.4, -0.2) is 22.4 Å². The van der Waals surface area contributed by atoms with Crippen LogP contribution in [0.15, 0.2) is 85.1 Å². The number of pyridine rings is 1. The lowest BCUT2D eigenvalue weighted by atomic mass is 10.2. The van der Waals surface area contributed by atoms with Crippen LogP contribution < -0.4 is 0 Å². The molecule has 1 aromatic heterocycles. The molecule has 1 heterocycles. The van der Waals surface area contributed by atoms with Crippen molar-refractivity contribution in [3.63, 3.8) is 0 Å². The standard InChI is InChI=1S/C22H24NOPS/c24-22(21-13-7-8-16-23-21)25(26,17-14-19-9-3-1-4-10-19)18-15-20-11-5-2-6-12-20/h1-13,16,22,24H,14-15,17-18H2. The summed E-state index contributed by atoms with van der Waals surface area (Å²) >= 11 is 6.13. The summed E-state index contributed by atoms with van der Waals surface area (Å²) in [4.78, 5) is 4.37. The normalized spacial score (nSPS) is 12.7. The predicted molar refractivity (Wildman–Crippen MR) is 114 cm³/mol. The van der Waals surface area contributed by atoms with Crippen LogP contribution in [-0.2, 0) is 24.6 Å². The lowest BCUT2D eigenvalue weighted by Crippen LogP contribution is -2.10. The number of hydrogen-bond acceptors (Lipinski definition) is 3. The van der Waals surface area contributed by atoms with Crippen LogP contribution in [0.1, 0.15) is 22.7 Å². The van der Waals surface area contributed by atoms with E-state index in [1.165, 1.54) is 11.1 Å². The maximum atomic E-state index is 11.1. The molecular formula is C22H24NOPS. The van der Waals surface area contributed by atoms with Crippen molar-refractivity contribution in [3.05, 3.63) is 102 Å². The minimum absolute atomic E-state index is 0.647. The highest BCUT2D eigenvalue weighted by Gasteiger charge is 2.28. The van der Waals surface area contributed by atoms with E-state index in [4.69, 9.17) is 11.8 Å². The maximum Gasteiger partial charge on any atom is 0.124 e. The zero-order valence-corrected chi connectivity index (χ0v) is 16.4. The molecule has 1 unspecified atom stereocenters. The van der Waals surface area contributed by atoms with Gasteiger partial charge in [0.15, 0.2) is 0 Å². The van der Waals surface area contributed by atoms with Crippen molar-refractivity contribution in [2.45, 2.75) is 18.7 Å².